The van der Waals surface area contributed by atoms with Crippen LogP contribution in [0.3, 0.4) is 0 Å². The Morgan fingerprint density at radius 2 is 1.75 bits per heavy atom. The van der Waals surface area contributed by atoms with Crippen LogP contribution in [0.1, 0.15) is 11.6 Å². The topological polar surface area (TPSA) is 55.6 Å². The molecule has 0 spiro atoms. The van der Waals surface area contributed by atoms with Crippen molar-refractivity contribution in [3.05, 3.63) is 40.9 Å². The molecule has 0 amide bonds. The van der Waals surface area contributed by atoms with Gasteiger partial charge < -0.3 is 9.88 Å². The number of hydrogen-bond acceptors (Lipinski definition) is 4. The number of fused-ring (bicyclic) bond motifs is 1. The Bertz CT molecular complexity index is 776. The molecule has 0 aliphatic rings. The lowest BCUT2D eigenvalue weighted by Crippen LogP contribution is -2.01. The summed E-state index contributed by atoms with van der Waals surface area (Å²) in [6.45, 7) is 3.81. The number of rotatable bonds is 2. The summed E-state index contributed by atoms with van der Waals surface area (Å²) < 4.78 is 1.98. The van der Waals surface area contributed by atoms with Crippen LogP contribution in [-0.4, -0.2) is 19.5 Å². The quantitative estimate of drug-likeness (QED) is 0.785. The van der Waals surface area contributed by atoms with Crippen molar-refractivity contribution < 1.29 is 0 Å². The third kappa shape index (κ3) is 2.20. The summed E-state index contributed by atoms with van der Waals surface area (Å²) in [6.07, 6.45) is 0. The van der Waals surface area contributed by atoms with E-state index in [0.29, 0.717) is 16.5 Å². The zero-order valence-electron chi connectivity index (χ0n) is 11.5. The fourth-order valence-corrected chi connectivity index (χ4v) is 2.21. The van der Waals surface area contributed by atoms with Crippen LogP contribution in [0.2, 0.25) is 5.02 Å². The van der Waals surface area contributed by atoms with E-state index in [4.69, 9.17) is 11.6 Å². The van der Waals surface area contributed by atoms with Crippen molar-refractivity contribution in [2.75, 3.05) is 5.32 Å². The van der Waals surface area contributed by atoms with Crippen LogP contribution < -0.4 is 5.32 Å². The minimum Gasteiger partial charge on any atom is -0.338 e. The number of hydrogen-bond donors (Lipinski definition) is 1. The van der Waals surface area contributed by atoms with E-state index >= 15 is 0 Å². The van der Waals surface area contributed by atoms with Crippen molar-refractivity contribution >= 4 is 34.3 Å². The Kier molecular flexibility index (Phi) is 3.06. The summed E-state index contributed by atoms with van der Waals surface area (Å²) in [5, 5.41) is 4.00. The predicted molar refractivity (Wildman–Crippen MR) is 80.5 cm³/mol. The minimum absolute atomic E-state index is 0.687. The van der Waals surface area contributed by atoms with Gasteiger partial charge in [-0.15, -0.1) is 0 Å². The fraction of sp³-hybridized carbons (Fsp3) is 0.214. The molecule has 0 aliphatic carbocycles. The van der Waals surface area contributed by atoms with Crippen molar-refractivity contribution in [1.29, 1.82) is 0 Å². The van der Waals surface area contributed by atoms with E-state index in [-0.39, 0.29) is 0 Å². The van der Waals surface area contributed by atoms with Crippen molar-refractivity contribution in [3.63, 3.8) is 0 Å². The number of aromatic nitrogens is 4. The van der Waals surface area contributed by atoms with Gasteiger partial charge in [0.1, 0.15) is 17.2 Å². The molecule has 1 N–H and O–H groups in total. The van der Waals surface area contributed by atoms with E-state index in [2.05, 4.69) is 20.3 Å². The Morgan fingerprint density at radius 1 is 1.05 bits per heavy atom. The minimum atomic E-state index is 0.687. The van der Waals surface area contributed by atoms with Gasteiger partial charge in [0, 0.05) is 17.8 Å². The molecule has 2 heterocycles. The highest BCUT2D eigenvalue weighted by molar-refractivity contribution is 6.30. The van der Waals surface area contributed by atoms with Gasteiger partial charge >= 0.3 is 0 Å². The SMILES string of the molecule is Cc1nc(Nc2ccc(Cl)cc2)c2c(n1)nc(C)n2C. The second-order valence-electron chi connectivity index (χ2n) is 4.64. The van der Waals surface area contributed by atoms with Crippen LogP contribution in [0.5, 0.6) is 0 Å². The van der Waals surface area contributed by atoms with Gasteiger partial charge in [0.25, 0.3) is 0 Å². The smallest absolute Gasteiger partial charge is 0.183 e. The molecule has 3 aromatic rings. The van der Waals surface area contributed by atoms with Crippen LogP contribution in [0.4, 0.5) is 11.5 Å². The lowest BCUT2D eigenvalue weighted by atomic mass is 10.3. The van der Waals surface area contributed by atoms with Crippen LogP contribution >= 0.6 is 11.6 Å². The summed E-state index contributed by atoms with van der Waals surface area (Å²) in [5.41, 5.74) is 2.52. The number of halogens is 1. The average molecular weight is 288 g/mol. The number of nitrogens with zero attached hydrogens (tertiary/aromatic N) is 4. The zero-order valence-corrected chi connectivity index (χ0v) is 12.2. The van der Waals surface area contributed by atoms with Crippen molar-refractivity contribution in [2.24, 2.45) is 7.05 Å². The highest BCUT2D eigenvalue weighted by Gasteiger charge is 2.13. The van der Waals surface area contributed by atoms with Gasteiger partial charge in [0.15, 0.2) is 11.5 Å². The van der Waals surface area contributed by atoms with Gasteiger partial charge in [-0.1, -0.05) is 11.6 Å². The molecular weight excluding hydrogens is 274 g/mol. The third-order valence-corrected chi connectivity index (χ3v) is 3.42. The van der Waals surface area contributed by atoms with Gasteiger partial charge in [0.2, 0.25) is 0 Å². The normalized spacial score (nSPS) is 11.0. The number of anilines is 2. The number of imidazole rings is 1. The van der Waals surface area contributed by atoms with Crippen molar-refractivity contribution in [2.45, 2.75) is 13.8 Å². The largest absolute Gasteiger partial charge is 0.338 e. The molecule has 3 rings (SSSR count). The van der Waals surface area contributed by atoms with Gasteiger partial charge in [-0.2, -0.15) is 0 Å². The first-order chi connectivity index (χ1) is 9.54. The van der Waals surface area contributed by atoms with E-state index in [9.17, 15) is 0 Å². The first kappa shape index (κ1) is 12.9. The summed E-state index contributed by atoms with van der Waals surface area (Å²) in [5.74, 6) is 2.34. The van der Waals surface area contributed by atoms with E-state index in [1.807, 2.05) is 49.7 Å². The molecule has 0 radical (unpaired) electrons. The van der Waals surface area contributed by atoms with Crippen LogP contribution in [0.15, 0.2) is 24.3 Å². The monoisotopic (exact) mass is 287 g/mol. The van der Waals surface area contributed by atoms with Gasteiger partial charge in [0.05, 0.1) is 0 Å². The maximum Gasteiger partial charge on any atom is 0.183 e. The van der Waals surface area contributed by atoms with Gasteiger partial charge in [-0.25, -0.2) is 15.0 Å². The molecule has 0 bridgehead atoms. The maximum atomic E-state index is 5.90. The molecule has 1 aromatic carbocycles. The number of nitrogens with one attached hydrogen (secondary N) is 1. The van der Waals surface area contributed by atoms with E-state index in [0.717, 1.165) is 22.8 Å². The third-order valence-electron chi connectivity index (χ3n) is 3.17. The van der Waals surface area contributed by atoms with Crippen molar-refractivity contribution in [3.8, 4) is 0 Å². The first-order valence-corrected chi connectivity index (χ1v) is 6.62. The summed E-state index contributed by atoms with van der Waals surface area (Å²) in [6, 6.07) is 7.50. The standard InChI is InChI=1S/C14H14ClN5/c1-8-16-13-12(20(3)9(2)18-13)14(17-8)19-11-6-4-10(15)5-7-11/h4-7H,1-3H3,(H,16,17,19). The Hall–Kier alpha value is -2.14. The predicted octanol–water partition coefficient (Wildman–Crippen LogP) is 3.38. The fourth-order valence-electron chi connectivity index (χ4n) is 2.09. The molecule has 0 unspecified atom stereocenters. The molecule has 0 fully saturated rings. The second kappa shape index (κ2) is 4.76. The van der Waals surface area contributed by atoms with Crippen molar-refractivity contribution in [1.82, 2.24) is 19.5 Å². The molecule has 6 heteroatoms. The van der Waals surface area contributed by atoms with Gasteiger partial charge in [-0.3, -0.25) is 0 Å². The zero-order chi connectivity index (χ0) is 14.3. The lowest BCUT2D eigenvalue weighted by molar-refractivity contribution is 0.885. The Morgan fingerprint density at radius 3 is 2.45 bits per heavy atom. The van der Waals surface area contributed by atoms with E-state index < -0.39 is 0 Å². The molecule has 5 nitrogen and oxygen atoms in total. The molecular formula is C14H14ClN5. The highest BCUT2D eigenvalue weighted by atomic mass is 35.5. The summed E-state index contributed by atoms with van der Waals surface area (Å²) in [7, 11) is 1.95. The molecule has 0 saturated heterocycles. The number of aryl methyl sites for hydroxylation is 3. The highest BCUT2D eigenvalue weighted by Crippen LogP contribution is 2.24. The average Bonchev–Trinajstić information content (AvgIpc) is 2.67. The maximum absolute atomic E-state index is 5.90. The molecule has 0 aliphatic heterocycles. The van der Waals surface area contributed by atoms with E-state index in [1.54, 1.807) is 0 Å². The van der Waals surface area contributed by atoms with E-state index in [1.165, 1.54) is 0 Å². The summed E-state index contributed by atoms with van der Waals surface area (Å²) in [4.78, 5) is 13.3. The summed E-state index contributed by atoms with van der Waals surface area (Å²) >= 11 is 5.90. The molecule has 0 atom stereocenters. The molecule has 102 valence electrons. The molecule has 20 heavy (non-hydrogen) atoms. The molecule has 2 aromatic heterocycles. The van der Waals surface area contributed by atoms with Crippen LogP contribution in [-0.2, 0) is 7.05 Å². The Balaban J connectivity index is 2.12. The van der Waals surface area contributed by atoms with Crippen LogP contribution in [0, 0.1) is 13.8 Å². The van der Waals surface area contributed by atoms with Gasteiger partial charge in [-0.05, 0) is 38.1 Å². The molecule has 0 saturated carbocycles. The second-order valence-corrected chi connectivity index (χ2v) is 5.08. The Labute approximate surface area is 121 Å². The lowest BCUT2D eigenvalue weighted by Gasteiger charge is -2.09. The van der Waals surface area contributed by atoms with Crippen LogP contribution in [0.25, 0.3) is 11.2 Å². The number of benzene rings is 1. The first-order valence-electron chi connectivity index (χ1n) is 6.25.